The summed E-state index contributed by atoms with van der Waals surface area (Å²) in [5.74, 6) is -0.0491. The first-order chi connectivity index (χ1) is 13.9. The quantitative estimate of drug-likeness (QED) is 0.599. The Labute approximate surface area is 176 Å². The van der Waals surface area contributed by atoms with Gasteiger partial charge in [-0.15, -0.1) is 11.3 Å². The zero-order valence-electron chi connectivity index (χ0n) is 16.1. The number of hydrogen-bond acceptors (Lipinski definition) is 6. The Bertz CT molecular complexity index is 1110. The fraction of sp³-hybridized carbons (Fsp3) is 0.190. The van der Waals surface area contributed by atoms with E-state index >= 15 is 0 Å². The predicted molar refractivity (Wildman–Crippen MR) is 117 cm³/mol. The Balaban J connectivity index is 1.57. The van der Waals surface area contributed by atoms with Crippen LogP contribution < -0.4 is 15.4 Å². The van der Waals surface area contributed by atoms with E-state index in [4.69, 9.17) is 4.74 Å². The maximum Gasteiger partial charge on any atom is 0.252 e. The maximum absolute atomic E-state index is 13.0. The van der Waals surface area contributed by atoms with Crippen LogP contribution in [-0.2, 0) is 9.59 Å². The van der Waals surface area contributed by atoms with E-state index in [9.17, 15) is 9.59 Å². The SMILES string of the molecule is COc1ccc(C)cc1-c1csc(NC(=O)C2(C)Sc3ccccc3NC2=O)n1. The molecule has 0 aliphatic carbocycles. The number of aryl methyl sites for hydroxylation is 1. The smallest absolute Gasteiger partial charge is 0.252 e. The summed E-state index contributed by atoms with van der Waals surface area (Å²) in [7, 11) is 1.61. The van der Waals surface area contributed by atoms with Gasteiger partial charge in [0.25, 0.3) is 5.91 Å². The molecule has 29 heavy (non-hydrogen) atoms. The van der Waals surface area contributed by atoms with Crippen LogP contribution in [0.5, 0.6) is 5.75 Å². The van der Waals surface area contributed by atoms with Crippen molar-refractivity contribution in [2.45, 2.75) is 23.5 Å². The van der Waals surface area contributed by atoms with Crippen molar-refractivity contribution in [3.63, 3.8) is 0 Å². The van der Waals surface area contributed by atoms with Gasteiger partial charge in [0.15, 0.2) is 9.88 Å². The number of carbonyl (C=O) groups is 2. The molecule has 1 unspecified atom stereocenters. The molecule has 148 valence electrons. The molecule has 2 heterocycles. The molecule has 0 fully saturated rings. The van der Waals surface area contributed by atoms with Gasteiger partial charge in [-0.1, -0.05) is 35.5 Å². The molecule has 0 radical (unpaired) electrons. The van der Waals surface area contributed by atoms with Gasteiger partial charge in [-0.3, -0.25) is 9.59 Å². The summed E-state index contributed by atoms with van der Waals surface area (Å²) in [6, 6.07) is 13.3. The summed E-state index contributed by atoms with van der Waals surface area (Å²) in [4.78, 5) is 31.0. The van der Waals surface area contributed by atoms with Gasteiger partial charge in [0.1, 0.15) is 5.75 Å². The van der Waals surface area contributed by atoms with Gasteiger partial charge in [-0.05, 0) is 38.1 Å². The van der Waals surface area contributed by atoms with E-state index in [0.29, 0.717) is 16.6 Å². The molecule has 1 aliphatic heterocycles. The van der Waals surface area contributed by atoms with Crippen LogP contribution in [0.2, 0.25) is 0 Å². The molecular formula is C21H19N3O3S2. The number of thioether (sulfide) groups is 1. The zero-order chi connectivity index (χ0) is 20.6. The molecular weight excluding hydrogens is 406 g/mol. The van der Waals surface area contributed by atoms with Crippen LogP contribution in [-0.4, -0.2) is 28.7 Å². The van der Waals surface area contributed by atoms with E-state index in [1.807, 2.05) is 54.8 Å². The average molecular weight is 426 g/mol. The third-order valence-electron chi connectivity index (χ3n) is 4.67. The molecule has 1 aliphatic rings. The van der Waals surface area contributed by atoms with Crippen LogP contribution in [0.1, 0.15) is 12.5 Å². The number of hydrogen-bond donors (Lipinski definition) is 2. The molecule has 0 bridgehead atoms. The molecule has 1 atom stereocenters. The molecule has 2 amide bonds. The van der Waals surface area contributed by atoms with E-state index in [1.165, 1.54) is 23.1 Å². The number of anilines is 2. The molecule has 0 saturated carbocycles. The summed E-state index contributed by atoms with van der Waals surface area (Å²) >= 11 is 2.55. The standard InChI is InChI=1S/C21H19N3O3S2/c1-12-8-9-16(27-3)13(10-12)15-11-28-20(23-15)24-19(26)21(2)18(25)22-14-6-4-5-7-17(14)29-21/h4-11H,1-3H3,(H,22,25)(H,23,24,26). The first-order valence-corrected chi connectivity index (χ1v) is 10.6. The number of aromatic nitrogens is 1. The Morgan fingerprint density at radius 1 is 1.24 bits per heavy atom. The van der Waals surface area contributed by atoms with Crippen LogP contribution in [0.4, 0.5) is 10.8 Å². The number of nitrogens with zero attached hydrogens (tertiary/aromatic N) is 1. The highest BCUT2D eigenvalue weighted by Crippen LogP contribution is 2.43. The van der Waals surface area contributed by atoms with Gasteiger partial charge in [0, 0.05) is 15.8 Å². The fourth-order valence-electron chi connectivity index (χ4n) is 3.01. The van der Waals surface area contributed by atoms with Crippen LogP contribution in [0, 0.1) is 6.92 Å². The Hall–Kier alpha value is -2.84. The van der Waals surface area contributed by atoms with Gasteiger partial charge in [0.2, 0.25) is 5.91 Å². The van der Waals surface area contributed by atoms with Crippen molar-refractivity contribution in [2.75, 3.05) is 17.7 Å². The van der Waals surface area contributed by atoms with Crippen molar-refractivity contribution in [3.8, 4) is 17.0 Å². The third-order valence-corrected chi connectivity index (χ3v) is 6.78. The topological polar surface area (TPSA) is 80.3 Å². The van der Waals surface area contributed by atoms with Crippen LogP contribution in [0.3, 0.4) is 0 Å². The second-order valence-electron chi connectivity index (χ2n) is 6.78. The van der Waals surface area contributed by atoms with Gasteiger partial charge in [0.05, 0.1) is 18.5 Å². The number of para-hydroxylation sites is 1. The minimum absolute atomic E-state index is 0.351. The Morgan fingerprint density at radius 3 is 2.83 bits per heavy atom. The normalized spacial score (nSPS) is 18.0. The average Bonchev–Trinajstić information content (AvgIpc) is 3.17. The Morgan fingerprint density at radius 2 is 2.03 bits per heavy atom. The lowest BCUT2D eigenvalue weighted by molar-refractivity contribution is -0.126. The minimum Gasteiger partial charge on any atom is -0.496 e. The highest BCUT2D eigenvalue weighted by Gasteiger charge is 2.46. The second kappa shape index (κ2) is 7.53. The number of carbonyl (C=O) groups excluding carboxylic acids is 2. The van der Waals surface area contributed by atoms with Crippen LogP contribution >= 0.6 is 23.1 Å². The monoisotopic (exact) mass is 425 g/mol. The van der Waals surface area contributed by atoms with E-state index in [0.717, 1.165) is 21.7 Å². The third kappa shape index (κ3) is 3.61. The van der Waals surface area contributed by atoms with Crippen LogP contribution in [0.25, 0.3) is 11.3 Å². The summed E-state index contributed by atoms with van der Waals surface area (Å²) in [6.07, 6.45) is 0. The number of methoxy groups -OCH3 is 1. The van der Waals surface area contributed by atoms with Crippen molar-refractivity contribution in [3.05, 3.63) is 53.4 Å². The fourth-order valence-corrected chi connectivity index (χ4v) is 4.82. The van der Waals surface area contributed by atoms with Gasteiger partial charge in [-0.2, -0.15) is 0 Å². The number of amides is 2. The van der Waals surface area contributed by atoms with Crippen molar-refractivity contribution in [1.82, 2.24) is 4.98 Å². The summed E-state index contributed by atoms with van der Waals surface area (Å²) < 4.78 is 4.13. The highest BCUT2D eigenvalue weighted by atomic mass is 32.2. The van der Waals surface area contributed by atoms with Crippen molar-refractivity contribution >= 4 is 45.7 Å². The molecule has 0 saturated heterocycles. The largest absolute Gasteiger partial charge is 0.496 e. The number of nitrogens with one attached hydrogen (secondary N) is 2. The second-order valence-corrected chi connectivity index (χ2v) is 9.10. The molecule has 6 nitrogen and oxygen atoms in total. The first-order valence-electron chi connectivity index (χ1n) is 8.92. The van der Waals surface area contributed by atoms with Crippen molar-refractivity contribution in [1.29, 1.82) is 0 Å². The maximum atomic E-state index is 13.0. The molecule has 8 heteroatoms. The molecule has 4 rings (SSSR count). The minimum atomic E-state index is -1.29. The Kier molecular flexibility index (Phi) is 5.06. The zero-order valence-corrected chi connectivity index (χ0v) is 17.7. The summed E-state index contributed by atoms with van der Waals surface area (Å²) in [5, 5.41) is 7.91. The summed E-state index contributed by atoms with van der Waals surface area (Å²) in [6.45, 7) is 3.62. The number of rotatable bonds is 4. The van der Waals surface area contributed by atoms with E-state index in [2.05, 4.69) is 15.6 Å². The van der Waals surface area contributed by atoms with Gasteiger partial charge >= 0.3 is 0 Å². The van der Waals surface area contributed by atoms with Gasteiger partial charge < -0.3 is 15.4 Å². The lowest BCUT2D eigenvalue weighted by atomic mass is 10.1. The molecule has 3 aromatic rings. The number of benzene rings is 2. The first kappa shape index (κ1) is 19.5. The molecule has 2 N–H and O–H groups in total. The molecule has 0 spiro atoms. The lowest BCUT2D eigenvalue weighted by Gasteiger charge is -2.31. The predicted octanol–water partition coefficient (Wildman–Crippen LogP) is 4.57. The number of thiazole rings is 1. The van der Waals surface area contributed by atoms with E-state index in [-0.39, 0.29) is 5.91 Å². The van der Waals surface area contributed by atoms with E-state index < -0.39 is 10.7 Å². The lowest BCUT2D eigenvalue weighted by Crippen LogP contribution is -2.49. The summed E-state index contributed by atoms with van der Waals surface area (Å²) in [5.41, 5.74) is 3.37. The molecule has 2 aromatic carbocycles. The van der Waals surface area contributed by atoms with Crippen molar-refractivity contribution in [2.24, 2.45) is 0 Å². The number of ether oxygens (including phenoxy) is 1. The van der Waals surface area contributed by atoms with Gasteiger partial charge in [-0.25, -0.2) is 4.98 Å². The van der Waals surface area contributed by atoms with Crippen LogP contribution in [0.15, 0.2) is 52.7 Å². The highest BCUT2D eigenvalue weighted by molar-refractivity contribution is 8.02. The number of fused-ring (bicyclic) bond motifs is 1. The van der Waals surface area contributed by atoms with E-state index in [1.54, 1.807) is 14.0 Å². The molecule has 1 aromatic heterocycles. The van der Waals surface area contributed by atoms with Crippen molar-refractivity contribution < 1.29 is 14.3 Å².